The van der Waals surface area contributed by atoms with Gasteiger partial charge in [-0.05, 0) is 23.8 Å². The minimum absolute atomic E-state index is 0.0298. The molecule has 2 aromatic heterocycles. The summed E-state index contributed by atoms with van der Waals surface area (Å²) in [6, 6.07) is 8.23. The van der Waals surface area contributed by atoms with E-state index in [1.54, 1.807) is 24.9 Å². The Balaban J connectivity index is 1.48. The van der Waals surface area contributed by atoms with Crippen LogP contribution in [0, 0.1) is 0 Å². The first-order valence-electron chi connectivity index (χ1n) is 9.12. The van der Waals surface area contributed by atoms with Gasteiger partial charge in [0.1, 0.15) is 11.6 Å². The summed E-state index contributed by atoms with van der Waals surface area (Å²) in [6.07, 6.45) is 4.51. The molecule has 3 aromatic rings. The van der Waals surface area contributed by atoms with Crippen molar-refractivity contribution in [3.05, 3.63) is 64.1 Å². The van der Waals surface area contributed by atoms with Crippen molar-refractivity contribution in [3.63, 3.8) is 0 Å². The van der Waals surface area contributed by atoms with E-state index in [4.69, 9.17) is 4.74 Å². The largest absolute Gasteiger partial charge is 0.496 e. The number of ether oxygens (including phenoxy) is 1. The van der Waals surface area contributed by atoms with Crippen molar-refractivity contribution in [1.82, 2.24) is 29.0 Å². The van der Waals surface area contributed by atoms with Gasteiger partial charge in [0, 0.05) is 57.6 Å². The van der Waals surface area contributed by atoms with Crippen molar-refractivity contribution in [2.24, 2.45) is 7.05 Å². The first kappa shape index (κ1) is 17.5. The number of hydrogen-bond donors (Lipinski definition) is 0. The van der Waals surface area contributed by atoms with E-state index in [1.807, 2.05) is 23.0 Å². The number of fused-ring (bicyclic) bond motifs is 1. The van der Waals surface area contributed by atoms with E-state index in [2.05, 4.69) is 27.2 Å². The Morgan fingerprint density at radius 1 is 1.19 bits per heavy atom. The SMILES string of the molecule is COc1ccc(CN2CCc3nn(C)c(=O)n3CC2)cc1Cn1cccn1. The highest BCUT2D eigenvalue weighted by Crippen LogP contribution is 2.22. The molecule has 3 heterocycles. The zero-order valence-corrected chi connectivity index (χ0v) is 15.7. The van der Waals surface area contributed by atoms with Crippen molar-refractivity contribution >= 4 is 0 Å². The summed E-state index contributed by atoms with van der Waals surface area (Å²) >= 11 is 0. The van der Waals surface area contributed by atoms with Gasteiger partial charge in [-0.2, -0.15) is 10.2 Å². The normalized spacial score (nSPS) is 14.7. The van der Waals surface area contributed by atoms with Crippen LogP contribution in [0.4, 0.5) is 0 Å². The molecule has 0 radical (unpaired) electrons. The molecule has 0 bridgehead atoms. The second kappa shape index (κ2) is 7.40. The molecule has 0 saturated heterocycles. The number of aromatic nitrogens is 5. The molecule has 142 valence electrons. The summed E-state index contributed by atoms with van der Waals surface area (Å²) < 4.78 is 10.6. The van der Waals surface area contributed by atoms with Crippen LogP contribution in [-0.2, 0) is 33.1 Å². The molecular formula is C19H24N6O2. The molecule has 8 nitrogen and oxygen atoms in total. The number of nitrogens with zero attached hydrogens (tertiary/aromatic N) is 6. The average molecular weight is 368 g/mol. The summed E-state index contributed by atoms with van der Waals surface area (Å²) in [5.41, 5.74) is 2.30. The Labute approximate surface area is 157 Å². The van der Waals surface area contributed by atoms with Gasteiger partial charge < -0.3 is 4.74 Å². The highest BCUT2D eigenvalue weighted by atomic mass is 16.5. The Morgan fingerprint density at radius 3 is 2.85 bits per heavy atom. The summed E-state index contributed by atoms with van der Waals surface area (Å²) in [4.78, 5) is 14.5. The molecule has 1 aliphatic heterocycles. The van der Waals surface area contributed by atoms with E-state index in [0.29, 0.717) is 13.1 Å². The fourth-order valence-corrected chi connectivity index (χ4v) is 3.61. The molecular weight excluding hydrogens is 344 g/mol. The van der Waals surface area contributed by atoms with Gasteiger partial charge in [-0.1, -0.05) is 6.07 Å². The van der Waals surface area contributed by atoms with Crippen LogP contribution in [0.1, 0.15) is 17.0 Å². The maximum atomic E-state index is 12.1. The zero-order chi connectivity index (χ0) is 18.8. The van der Waals surface area contributed by atoms with Crippen LogP contribution in [0.25, 0.3) is 0 Å². The summed E-state index contributed by atoms with van der Waals surface area (Å²) in [6.45, 7) is 3.91. The lowest BCUT2D eigenvalue weighted by Gasteiger charge is -2.20. The van der Waals surface area contributed by atoms with Crippen molar-refractivity contribution < 1.29 is 4.74 Å². The van der Waals surface area contributed by atoms with Crippen LogP contribution in [0.5, 0.6) is 5.75 Å². The second-order valence-corrected chi connectivity index (χ2v) is 6.85. The average Bonchev–Trinajstić information content (AvgIpc) is 3.21. The number of hydrogen-bond acceptors (Lipinski definition) is 5. The van der Waals surface area contributed by atoms with E-state index in [9.17, 15) is 4.79 Å². The lowest BCUT2D eigenvalue weighted by atomic mass is 10.1. The Morgan fingerprint density at radius 2 is 2.07 bits per heavy atom. The maximum Gasteiger partial charge on any atom is 0.345 e. The number of aryl methyl sites for hydroxylation is 1. The lowest BCUT2D eigenvalue weighted by Crippen LogP contribution is -2.29. The lowest BCUT2D eigenvalue weighted by molar-refractivity contribution is 0.269. The Hall–Kier alpha value is -2.87. The topological polar surface area (TPSA) is 70.1 Å². The third-order valence-electron chi connectivity index (χ3n) is 5.02. The molecule has 0 atom stereocenters. The quantitative estimate of drug-likeness (QED) is 0.669. The minimum atomic E-state index is -0.0298. The highest BCUT2D eigenvalue weighted by molar-refractivity contribution is 5.37. The van der Waals surface area contributed by atoms with E-state index >= 15 is 0 Å². The third kappa shape index (κ3) is 3.66. The fourth-order valence-electron chi connectivity index (χ4n) is 3.61. The van der Waals surface area contributed by atoms with Gasteiger partial charge in [-0.15, -0.1) is 0 Å². The maximum absolute atomic E-state index is 12.1. The standard InChI is InChI=1S/C19H24N6O2/c1-22-19(26)25-11-10-23(9-6-18(25)21-22)13-15-4-5-17(27-2)16(12-15)14-24-8-3-7-20-24/h3-5,7-8,12H,6,9-11,13-14H2,1-2H3. The summed E-state index contributed by atoms with van der Waals surface area (Å²) in [5, 5.41) is 8.63. The first-order valence-corrected chi connectivity index (χ1v) is 9.12. The van der Waals surface area contributed by atoms with E-state index in [0.717, 1.165) is 43.2 Å². The molecule has 0 unspecified atom stereocenters. The number of benzene rings is 1. The fraction of sp³-hybridized carbons (Fsp3) is 0.421. The van der Waals surface area contributed by atoms with Gasteiger partial charge in [-0.25, -0.2) is 9.48 Å². The van der Waals surface area contributed by atoms with Crippen LogP contribution in [0.2, 0.25) is 0 Å². The molecule has 0 spiro atoms. The van der Waals surface area contributed by atoms with Gasteiger partial charge in [0.05, 0.1) is 13.7 Å². The zero-order valence-electron chi connectivity index (χ0n) is 15.7. The molecule has 0 saturated carbocycles. The predicted octanol–water partition coefficient (Wildman–Crippen LogP) is 0.893. The van der Waals surface area contributed by atoms with Crippen LogP contribution in [0.3, 0.4) is 0 Å². The molecule has 1 aliphatic rings. The van der Waals surface area contributed by atoms with Gasteiger partial charge in [0.25, 0.3) is 0 Å². The molecule has 1 aromatic carbocycles. The molecule has 8 heteroatoms. The van der Waals surface area contributed by atoms with Crippen molar-refractivity contribution in [2.75, 3.05) is 20.2 Å². The van der Waals surface area contributed by atoms with Crippen LogP contribution < -0.4 is 10.4 Å². The smallest absolute Gasteiger partial charge is 0.345 e. The first-order chi connectivity index (χ1) is 13.1. The van der Waals surface area contributed by atoms with Crippen LogP contribution in [0.15, 0.2) is 41.5 Å². The molecule has 0 amide bonds. The van der Waals surface area contributed by atoms with Crippen LogP contribution >= 0.6 is 0 Å². The molecule has 0 fully saturated rings. The third-order valence-corrected chi connectivity index (χ3v) is 5.02. The van der Waals surface area contributed by atoms with Crippen molar-refractivity contribution in [2.45, 2.75) is 26.1 Å². The molecule has 4 rings (SSSR count). The van der Waals surface area contributed by atoms with Gasteiger partial charge in [-0.3, -0.25) is 14.1 Å². The monoisotopic (exact) mass is 368 g/mol. The van der Waals surface area contributed by atoms with Crippen molar-refractivity contribution in [3.8, 4) is 5.75 Å². The number of methoxy groups -OCH3 is 1. The van der Waals surface area contributed by atoms with Gasteiger partial charge in [0.15, 0.2) is 0 Å². The van der Waals surface area contributed by atoms with Crippen LogP contribution in [-0.4, -0.2) is 49.2 Å². The van der Waals surface area contributed by atoms with E-state index in [1.165, 1.54) is 10.2 Å². The predicted molar refractivity (Wildman–Crippen MR) is 101 cm³/mol. The summed E-state index contributed by atoms with van der Waals surface area (Å²) in [5.74, 6) is 1.74. The molecule has 27 heavy (non-hydrogen) atoms. The molecule has 0 aliphatic carbocycles. The summed E-state index contributed by atoms with van der Waals surface area (Å²) in [7, 11) is 3.40. The van der Waals surface area contributed by atoms with E-state index in [-0.39, 0.29) is 5.69 Å². The Kier molecular flexibility index (Phi) is 4.81. The second-order valence-electron chi connectivity index (χ2n) is 6.85. The van der Waals surface area contributed by atoms with Gasteiger partial charge >= 0.3 is 5.69 Å². The molecule has 0 N–H and O–H groups in total. The minimum Gasteiger partial charge on any atom is -0.496 e. The van der Waals surface area contributed by atoms with Gasteiger partial charge in [0.2, 0.25) is 0 Å². The highest BCUT2D eigenvalue weighted by Gasteiger charge is 2.18. The van der Waals surface area contributed by atoms with E-state index < -0.39 is 0 Å². The Bertz CT molecular complexity index is 973. The number of rotatable bonds is 5. The van der Waals surface area contributed by atoms with Crippen molar-refractivity contribution in [1.29, 1.82) is 0 Å².